The van der Waals surface area contributed by atoms with Gasteiger partial charge >= 0.3 is 0 Å². The fourth-order valence-electron chi connectivity index (χ4n) is 3.65. The highest BCUT2D eigenvalue weighted by Crippen LogP contribution is 2.16. The van der Waals surface area contributed by atoms with Crippen LogP contribution < -0.4 is 10.6 Å². The molecule has 0 amide bonds. The summed E-state index contributed by atoms with van der Waals surface area (Å²) in [6.45, 7) is 11.0. The van der Waals surface area contributed by atoms with Gasteiger partial charge in [-0.1, -0.05) is 36.8 Å². The maximum absolute atomic E-state index is 10.2. The number of nitrogens with zero attached hydrogens (tertiary/aromatic N) is 2. The lowest BCUT2D eigenvalue weighted by molar-refractivity contribution is 0.00111. The van der Waals surface area contributed by atoms with Gasteiger partial charge in [0.1, 0.15) is 0 Å². The highest BCUT2D eigenvalue weighted by molar-refractivity contribution is 5.79. The minimum Gasteiger partial charge on any atom is -0.389 e. The summed E-state index contributed by atoms with van der Waals surface area (Å²) in [4.78, 5) is 7.10. The number of aliphatic imine (C=N–C) groups is 1. The molecule has 29 heavy (non-hydrogen) atoms. The number of hydrogen-bond acceptors (Lipinski definition) is 4. The molecule has 0 aliphatic carbocycles. The van der Waals surface area contributed by atoms with E-state index in [9.17, 15) is 5.11 Å². The molecule has 3 atom stereocenters. The van der Waals surface area contributed by atoms with Gasteiger partial charge in [-0.3, -0.25) is 4.99 Å². The summed E-state index contributed by atoms with van der Waals surface area (Å²) >= 11 is 0. The van der Waals surface area contributed by atoms with Crippen molar-refractivity contribution in [1.82, 2.24) is 15.5 Å². The molecule has 0 spiro atoms. The molecule has 6 nitrogen and oxygen atoms in total. The topological polar surface area (TPSA) is 69.1 Å². The molecule has 3 N–H and O–H groups in total. The van der Waals surface area contributed by atoms with Crippen molar-refractivity contribution in [3.05, 3.63) is 35.9 Å². The quantitative estimate of drug-likeness (QED) is 0.301. The zero-order valence-electron chi connectivity index (χ0n) is 18.4. The molecule has 3 unspecified atom stereocenters. The van der Waals surface area contributed by atoms with Crippen LogP contribution >= 0.6 is 0 Å². The number of aliphatic hydroxyl groups is 1. The van der Waals surface area contributed by atoms with Crippen molar-refractivity contribution >= 4 is 5.96 Å². The van der Waals surface area contributed by atoms with Crippen LogP contribution in [-0.2, 0) is 4.74 Å². The lowest BCUT2D eigenvalue weighted by Gasteiger charge is -2.33. The van der Waals surface area contributed by atoms with Crippen LogP contribution in [0.15, 0.2) is 35.3 Å². The van der Waals surface area contributed by atoms with Crippen molar-refractivity contribution in [2.75, 3.05) is 39.3 Å². The Morgan fingerprint density at radius 2 is 2.07 bits per heavy atom. The smallest absolute Gasteiger partial charge is 0.191 e. The Morgan fingerprint density at radius 3 is 2.79 bits per heavy atom. The van der Waals surface area contributed by atoms with Crippen LogP contribution in [0.4, 0.5) is 0 Å². The lowest BCUT2D eigenvalue weighted by atomic mass is 10.0. The van der Waals surface area contributed by atoms with Crippen molar-refractivity contribution in [3.63, 3.8) is 0 Å². The van der Waals surface area contributed by atoms with Gasteiger partial charge < -0.3 is 25.4 Å². The monoisotopic (exact) mass is 404 g/mol. The Labute approximate surface area is 176 Å². The Morgan fingerprint density at radius 1 is 1.28 bits per heavy atom. The molecule has 1 heterocycles. The van der Waals surface area contributed by atoms with Gasteiger partial charge in [-0.2, -0.15) is 0 Å². The van der Waals surface area contributed by atoms with Crippen LogP contribution in [-0.4, -0.2) is 67.4 Å². The normalized spacial score (nSPS) is 20.3. The summed E-state index contributed by atoms with van der Waals surface area (Å²) < 4.78 is 5.79. The summed E-state index contributed by atoms with van der Waals surface area (Å²) in [5, 5.41) is 16.9. The third-order valence-corrected chi connectivity index (χ3v) is 5.47. The van der Waals surface area contributed by atoms with E-state index in [0.29, 0.717) is 12.6 Å². The molecule has 0 bridgehead atoms. The van der Waals surface area contributed by atoms with Crippen molar-refractivity contribution in [2.24, 2.45) is 4.99 Å². The van der Waals surface area contributed by atoms with Crippen LogP contribution in [0.5, 0.6) is 0 Å². The predicted octanol–water partition coefficient (Wildman–Crippen LogP) is 2.94. The predicted molar refractivity (Wildman–Crippen MR) is 120 cm³/mol. The summed E-state index contributed by atoms with van der Waals surface area (Å²) in [6, 6.07) is 10.8. The fourth-order valence-corrected chi connectivity index (χ4v) is 3.65. The third-order valence-electron chi connectivity index (χ3n) is 5.47. The second kappa shape index (κ2) is 13.6. The van der Waals surface area contributed by atoms with Crippen LogP contribution in [0, 0.1) is 0 Å². The summed E-state index contributed by atoms with van der Waals surface area (Å²) in [5.41, 5.74) is 1.11. The van der Waals surface area contributed by atoms with Crippen molar-refractivity contribution < 1.29 is 9.84 Å². The molecular formula is C23H40N4O2. The van der Waals surface area contributed by atoms with E-state index < -0.39 is 6.10 Å². The van der Waals surface area contributed by atoms with E-state index in [1.54, 1.807) is 0 Å². The SMILES string of the molecule is CCNC(=NCC(O)COC(C)c1ccccc1)NCCCN1CCCCC1C. The van der Waals surface area contributed by atoms with Crippen LogP contribution in [0.2, 0.25) is 0 Å². The number of aliphatic hydroxyl groups excluding tert-OH is 1. The number of ether oxygens (including phenoxy) is 1. The van der Waals surface area contributed by atoms with Gasteiger partial charge in [0.25, 0.3) is 0 Å². The molecule has 1 aliphatic rings. The summed E-state index contributed by atoms with van der Waals surface area (Å²) in [6.07, 6.45) is 4.44. The van der Waals surface area contributed by atoms with E-state index in [-0.39, 0.29) is 12.7 Å². The minimum atomic E-state index is -0.620. The summed E-state index contributed by atoms with van der Waals surface area (Å²) in [7, 11) is 0. The second-order valence-corrected chi connectivity index (χ2v) is 7.92. The molecule has 1 saturated heterocycles. The maximum atomic E-state index is 10.2. The molecule has 6 heteroatoms. The van der Waals surface area contributed by atoms with Gasteiger partial charge in [-0.15, -0.1) is 0 Å². The van der Waals surface area contributed by atoms with E-state index in [4.69, 9.17) is 4.74 Å². The van der Waals surface area contributed by atoms with Gasteiger partial charge in [0, 0.05) is 25.7 Å². The molecular weight excluding hydrogens is 364 g/mol. The van der Waals surface area contributed by atoms with E-state index in [0.717, 1.165) is 37.6 Å². The molecule has 1 aliphatic heterocycles. The molecule has 0 saturated carbocycles. The molecule has 0 aromatic heterocycles. The van der Waals surface area contributed by atoms with E-state index in [1.165, 1.54) is 25.8 Å². The van der Waals surface area contributed by atoms with Crippen LogP contribution in [0.25, 0.3) is 0 Å². The number of piperidine rings is 1. The first-order chi connectivity index (χ1) is 14.1. The zero-order valence-corrected chi connectivity index (χ0v) is 18.4. The van der Waals surface area contributed by atoms with Crippen LogP contribution in [0.1, 0.15) is 58.1 Å². The maximum Gasteiger partial charge on any atom is 0.191 e. The number of likely N-dealkylation sites (tertiary alicyclic amines) is 1. The minimum absolute atomic E-state index is 0.0432. The Balaban J connectivity index is 1.67. The zero-order chi connectivity index (χ0) is 20.9. The van der Waals surface area contributed by atoms with Gasteiger partial charge in [-0.25, -0.2) is 0 Å². The Bertz CT molecular complexity index is 582. The number of nitrogens with one attached hydrogen (secondary N) is 2. The lowest BCUT2D eigenvalue weighted by Crippen LogP contribution is -2.41. The first-order valence-corrected chi connectivity index (χ1v) is 11.2. The van der Waals surface area contributed by atoms with Crippen molar-refractivity contribution in [1.29, 1.82) is 0 Å². The fraction of sp³-hybridized carbons (Fsp3) is 0.696. The Kier molecular flexibility index (Phi) is 11.1. The second-order valence-electron chi connectivity index (χ2n) is 7.92. The van der Waals surface area contributed by atoms with Crippen molar-refractivity contribution in [2.45, 2.75) is 64.7 Å². The first-order valence-electron chi connectivity index (χ1n) is 11.2. The van der Waals surface area contributed by atoms with Crippen molar-refractivity contribution in [3.8, 4) is 0 Å². The largest absolute Gasteiger partial charge is 0.389 e. The molecule has 2 rings (SSSR count). The first kappa shape index (κ1) is 23.6. The molecule has 0 radical (unpaired) electrons. The highest BCUT2D eigenvalue weighted by Gasteiger charge is 2.17. The van der Waals surface area contributed by atoms with Gasteiger partial charge in [-0.05, 0) is 52.1 Å². The molecule has 1 fully saturated rings. The standard InChI is InChI=1S/C23H40N4O2/c1-4-24-23(25-14-10-16-27-15-9-8-11-19(27)2)26-17-22(28)18-29-20(3)21-12-6-5-7-13-21/h5-7,12-13,19-20,22,28H,4,8-11,14-18H2,1-3H3,(H2,24,25,26). The van der Waals surface area contributed by atoms with E-state index in [1.807, 2.05) is 44.2 Å². The molecule has 1 aromatic rings. The number of benzene rings is 1. The molecule has 1 aromatic carbocycles. The van der Waals surface area contributed by atoms with Gasteiger partial charge in [0.05, 0.1) is 25.4 Å². The summed E-state index contributed by atoms with van der Waals surface area (Å²) in [5.74, 6) is 0.759. The third kappa shape index (κ3) is 9.15. The molecule has 164 valence electrons. The highest BCUT2D eigenvalue weighted by atomic mass is 16.5. The van der Waals surface area contributed by atoms with E-state index in [2.05, 4.69) is 27.4 Å². The van der Waals surface area contributed by atoms with Gasteiger partial charge in [0.15, 0.2) is 5.96 Å². The average molecular weight is 405 g/mol. The number of rotatable bonds is 11. The van der Waals surface area contributed by atoms with E-state index >= 15 is 0 Å². The average Bonchev–Trinajstić information content (AvgIpc) is 2.75. The Hall–Kier alpha value is -1.63. The van der Waals surface area contributed by atoms with Gasteiger partial charge in [0.2, 0.25) is 0 Å². The van der Waals surface area contributed by atoms with Crippen LogP contribution in [0.3, 0.4) is 0 Å². The number of hydrogen-bond donors (Lipinski definition) is 3. The number of guanidine groups is 1.